The summed E-state index contributed by atoms with van der Waals surface area (Å²) >= 11 is 0. The molecule has 5 rings (SSSR count). The van der Waals surface area contributed by atoms with Gasteiger partial charge in [0.2, 0.25) is 0 Å². The Hall–Kier alpha value is -1.95. The summed E-state index contributed by atoms with van der Waals surface area (Å²) < 4.78 is 31.4. The van der Waals surface area contributed by atoms with Crippen LogP contribution in [0, 0.1) is 36.3 Å². The molecule has 2 saturated carbocycles. The highest BCUT2D eigenvalue weighted by Gasteiger charge is 2.41. The van der Waals surface area contributed by atoms with Gasteiger partial charge in [-0.1, -0.05) is 19.3 Å². The molecule has 3 fully saturated rings. The minimum absolute atomic E-state index is 0.228. The molecule has 0 unspecified atom stereocenters. The molecule has 0 bridgehead atoms. The van der Waals surface area contributed by atoms with Gasteiger partial charge in [0.1, 0.15) is 0 Å². The van der Waals surface area contributed by atoms with Gasteiger partial charge in [0.25, 0.3) is 0 Å². The molecule has 2 heterocycles. The summed E-state index contributed by atoms with van der Waals surface area (Å²) in [5.74, 6) is 0.688. The van der Waals surface area contributed by atoms with Crippen LogP contribution >= 0.6 is 0 Å². The Morgan fingerprint density at radius 3 is 2.35 bits per heavy atom. The van der Waals surface area contributed by atoms with Crippen molar-refractivity contribution in [2.24, 2.45) is 24.8 Å². The third-order valence-electron chi connectivity index (χ3n) is 7.81. The molecule has 0 radical (unpaired) electrons. The van der Waals surface area contributed by atoms with E-state index in [1.807, 2.05) is 6.92 Å². The van der Waals surface area contributed by atoms with E-state index in [4.69, 9.17) is 0 Å². The second-order valence-electron chi connectivity index (χ2n) is 10.1. The van der Waals surface area contributed by atoms with Gasteiger partial charge in [-0.3, -0.25) is 4.68 Å². The molecule has 6 heteroatoms. The highest BCUT2D eigenvalue weighted by molar-refractivity contribution is 5.68. The molecule has 1 saturated heterocycles. The zero-order valence-electron chi connectivity index (χ0n) is 18.7. The van der Waals surface area contributed by atoms with Crippen LogP contribution in [0.25, 0.3) is 11.1 Å². The summed E-state index contributed by atoms with van der Waals surface area (Å²) in [6.07, 6.45) is 10.8. The molecule has 4 nitrogen and oxygen atoms in total. The fourth-order valence-electron chi connectivity index (χ4n) is 6.35. The highest BCUT2D eigenvalue weighted by atomic mass is 19.2. The number of benzene rings is 1. The molecular formula is C25H34F2N4. The molecule has 1 aromatic carbocycles. The van der Waals surface area contributed by atoms with Crippen molar-refractivity contribution in [1.29, 1.82) is 0 Å². The number of nitrogens with one attached hydrogen (secondary N) is 1. The van der Waals surface area contributed by atoms with Crippen LogP contribution in [0.1, 0.15) is 50.6 Å². The lowest BCUT2D eigenvalue weighted by Gasteiger charge is -2.27. The van der Waals surface area contributed by atoms with E-state index in [0.717, 1.165) is 18.8 Å². The number of nitrogens with zero attached hydrogens (tertiary/aromatic N) is 3. The first-order valence-corrected chi connectivity index (χ1v) is 12.0. The fourth-order valence-corrected chi connectivity index (χ4v) is 6.35. The second kappa shape index (κ2) is 8.53. The Morgan fingerprint density at radius 1 is 1.00 bits per heavy atom. The summed E-state index contributed by atoms with van der Waals surface area (Å²) in [6.45, 7) is 5.43. The second-order valence-corrected chi connectivity index (χ2v) is 10.1. The number of anilines is 1. The molecule has 3 aliphatic rings. The van der Waals surface area contributed by atoms with Crippen LogP contribution in [0.2, 0.25) is 0 Å². The highest BCUT2D eigenvalue weighted by Crippen LogP contribution is 2.41. The van der Waals surface area contributed by atoms with Crippen molar-refractivity contribution in [3.8, 4) is 11.1 Å². The van der Waals surface area contributed by atoms with E-state index in [2.05, 4.69) is 15.3 Å². The van der Waals surface area contributed by atoms with E-state index in [-0.39, 0.29) is 17.3 Å². The predicted octanol–water partition coefficient (Wildman–Crippen LogP) is 5.38. The molecule has 0 amide bonds. The predicted molar refractivity (Wildman–Crippen MR) is 120 cm³/mol. The van der Waals surface area contributed by atoms with E-state index < -0.39 is 11.6 Å². The molecule has 0 spiro atoms. The maximum atomic E-state index is 14.9. The van der Waals surface area contributed by atoms with Crippen LogP contribution in [0.5, 0.6) is 0 Å². The van der Waals surface area contributed by atoms with Crippen molar-refractivity contribution in [3.63, 3.8) is 0 Å². The number of hydrogen-bond acceptors (Lipinski definition) is 3. The van der Waals surface area contributed by atoms with Gasteiger partial charge < -0.3 is 10.2 Å². The molecule has 3 atom stereocenters. The Labute approximate surface area is 184 Å². The molecule has 168 valence electrons. The van der Waals surface area contributed by atoms with Gasteiger partial charge in [0, 0.05) is 50.0 Å². The standard InChI is InChI=1S/C25H34F2N4/c1-16-22(15-30(2)29-16)21-8-9-23(25(27)24(21)26)28-20-10-18-13-31(14-19(18)11-20)12-17-6-4-3-5-7-17/h8-9,15,17-20,28H,3-7,10-14H2,1-2H3/t18-,19+,20+. The number of rotatable bonds is 5. The van der Waals surface area contributed by atoms with Gasteiger partial charge in [0.15, 0.2) is 11.6 Å². The molecule has 1 N–H and O–H groups in total. The van der Waals surface area contributed by atoms with Crippen LogP contribution in [0.3, 0.4) is 0 Å². The summed E-state index contributed by atoms with van der Waals surface area (Å²) in [7, 11) is 1.79. The Bertz CT molecular complexity index is 920. The Kier molecular flexibility index (Phi) is 5.76. The largest absolute Gasteiger partial charge is 0.380 e. The van der Waals surface area contributed by atoms with E-state index in [9.17, 15) is 8.78 Å². The lowest BCUT2D eigenvalue weighted by Crippen LogP contribution is -2.30. The van der Waals surface area contributed by atoms with Crippen LogP contribution in [0.4, 0.5) is 14.5 Å². The first-order chi connectivity index (χ1) is 15.0. The summed E-state index contributed by atoms with van der Waals surface area (Å²) in [6, 6.07) is 3.59. The van der Waals surface area contributed by atoms with Crippen LogP contribution in [0.15, 0.2) is 18.3 Å². The van der Waals surface area contributed by atoms with E-state index in [1.165, 1.54) is 51.7 Å². The number of likely N-dealkylation sites (tertiary alicyclic amines) is 1. The average Bonchev–Trinajstić information content (AvgIpc) is 3.39. The molecular weight excluding hydrogens is 394 g/mol. The van der Waals surface area contributed by atoms with Crippen LogP contribution in [-0.2, 0) is 7.05 Å². The van der Waals surface area contributed by atoms with Gasteiger partial charge in [0.05, 0.1) is 11.4 Å². The van der Waals surface area contributed by atoms with Gasteiger partial charge in [-0.2, -0.15) is 5.10 Å². The van der Waals surface area contributed by atoms with Gasteiger partial charge in [-0.25, -0.2) is 8.78 Å². The minimum Gasteiger partial charge on any atom is -0.380 e. The first kappa shape index (κ1) is 20.9. The zero-order valence-corrected chi connectivity index (χ0v) is 18.7. The van der Waals surface area contributed by atoms with E-state index in [0.29, 0.717) is 23.1 Å². The Morgan fingerprint density at radius 2 is 1.71 bits per heavy atom. The Balaban J connectivity index is 1.20. The summed E-state index contributed by atoms with van der Waals surface area (Å²) in [5, 5.41) is 7.57. The molecule has 2 aromatic rings. The topological polar surface area (TPSA) is 33.1 Å². The summed E-state index contributed by atoms with van der Waals surface area (Å²) in [5.41, 5.74) is 1.89. The van der Waals surface area contributed by atoms with Crippen molar-refractivity contribution in [2.45, 2.75) is 57.9 Å². The van der Waals surface area contributed by atoms with Crippen LogP contribution < -0.4 is 5.32 Å². The van der Waals surface area contributed by atoms with Gasteiger partial charge in [-0.05, 0) is 62.5 Å². The monoisotopic (exact) mass is 428 g/mol. The van der Waals surface area contributed by atoms with Crippen molar-refractivity contribution in [1.82, 2.24) is 14.7 Å². The maximum absolute atomic E-state index is 14.9. The third kappa shape index (κ3) is 4.23. The number of hydrogen-bond donors (Lipinski definition) is 1. The van der Waals surface area contributed by atoms with Crippen molar-refractivity contribution in [2.75, 3.05) is 25.0 Å². The van der Waals surface area contributed by atoms with E-state index in [1.54, 1.807) is 30.1 Å². The lowest BCUT2D eigenvalue weighted by molar-refractivity contribution is 0.221. The number of aromatic nitrogens is 2. The van der Waals surface area contributed by atoms with E-state index >= 15 is 0 Å². The number of fused-ring (bicyclic) bond motifs is 1. The van der Waals surface area contributed by atoms with Gasteiger partial charge in [-0.15, -0.1) is 0 Å². The molecule has 31 heavy (non-hydrogen) atoms. The zero-order chi connectivity index (χ0) is 21.5. The third-order valence-corrected chi connectivity index (χ3v) is 7.81. The SMILES string of the molecule is Cc1nn(C)cc1-c1ccc(N[C@H]2C[C@@H]3CN(CC4CCCCC4)C[C@@H]3C2)c(F)c1F. The van der Waals surface area contributed by atoms with Gasteiger partial charge >= 0.3 is 0 Å². The number of halogens is 2. The maximum Gasteiger partial charge on any atom is 0.182 e. The molecule has 1 aliphatic heterocycles. The molecule has 2 aliphatic carbocycles. The smallest absolute Gasteiger partial charge is 0.182 e. The summed E-state index contributed by atoms with van der Waals surface area (Å²) in [4.78, 5) is 2.67. The quantitative estimate of drug-likeness (QED) is 0.694. The average molecular weight is 429 g/mol. The minimum atomic E-state index is -0.794. The van der Waals surface area contributed by atoms with Crippen molar-refractivity contribution < 1.29 is 8.78 Å². The van der Waals surface area contributed by atoms with Crippen molar-refractivity contribution >= 4 is 5.69 Å². The normalized spacial score (nSPS) is 27.0. The fraction of sp³-hybridized carbons (Fsp3) is 0.640. The van der Waals surface area contributed by atoms with Crippen LogP contribution in [-0.4, -0.2) is 40.4 Å². The number of aryl methyl sites for hydroxylation is 2. The lowest BCUT2D eigenvalue weighted by atomic mass is 9.89. The first-order valence-electron chi connectivity index (χ1n) is 12.0. The molecule has 1 aromatic heterocycles. The van der Waals surface area contributed by atoms with Crippen molar-refractivity contribution in [3.05, 3.63) is 35.7 Å².